The number of carbonyl (C=O) groups is 1. The average molecular weight is 208 g/mol. The highest BCUT2D eigenvalue weighted by atomic mass is 16.7. The Morgan fingerprint density at radius 2 is 1.86 bits per heavy atom. The Hall–Kier alpha value is -0.570. The van der Waals surface area contributed by atoms with E-state index in [1.54, 1.807) is 0 Å². The van der Waals surface area contributed by atoms with E-state index < -0.39 is 36.8 Å². The lowest BCUT2D eigenvalue weighted by Crippen LogP contribution is -2.65. The molecule has 0 aliphatic carbocycles. The number of carbonyl (C=O) groups excluding carboxylic acids is 1. The lowest BCUT2D eigenvalue weighted by atomic mass is 9.93. The molecule has 0 amide bonds. The normalized spacial score (nSPS) is 48.9. The van der Waals surface area contributed by atoms with Crippen LogP contribution in [0.3, 0.4) is 0 Å². The Morgan fingerprint density at radius 1 is 1.29 bits per heavy atom. The van der Waals surface area contributed by atoms with Crippen LogP contribution in [0.15, 0.2) is 0 Å². The second-order valence-electron chi connectivity index (χ2n) is 3.13. The fourth-order valence-corrected chi connectivity index (χ4v) is 1.28. The highest BCUT2D eigenvalue weighted by Crippen LogP contribution is 2.26. The molecule has 1 aliphatic rings. The van der Waals surface area contributed by atoms with Crippen molar-refractivity contribution in [3.8, 4) is 0 Å². The third kappa shape index (κ3) is 1.65. The maximum atomic E-state index is 10.4. The van der Waals surface area contributed by atoms with Crippen molar-refractivity contribution in [1.29, 1.82) is 0 Å². The molecule has 0 saturated carbocycles. The highest BCUT2D eigenvalue weighted by molar-refractivity contribution is 5.61. The molecule has 1 rings (SSSR count). The van der Waals surface area contributed by atoms with Crippen molar-refractivity contribution in [3.05, 3.63) is 0 Å². The predicted molar refractivity (Wildman–Crippen MR) is 41.0 cm³/mol. The maximum Gasteiger partial charge on any atom is 0.253 e. The monoisotopic (exact) mass is 208 g/mol. The van der Waals surface area contributed by atoms with Crippen molar-refractivity contribution >= 4 is 6.29 Å². The van der Waals surface area contributed by atoms with E-state index in [1.807, 2.05) is 0 Å². The van der Waals surface area contributed by atoms with E-state index in [-0.39, 0.29) is 6.29 Å². The van der Waals surface area contributed by atoms with E-state index >= 15 is 0 Å². The number of rotatable bonds is 2. The first-order valence-corrected chi connectivity index (χ1v) is 3.98. The van der Waals surface area contributed by atoms with Gasteiger partial charge < -0.3 is 30.3 Å². The van der Waals surface area contributed by atoms with Gasteiger partial charge in [0, 0.05) is 0 Å². The SMILES string of the molecule is O=CC1(O)O[C@H](CO)[C@H](O)[C@H](O)[C@H]1O. The summed E-state index contributed by atoms with van der Waals surface area (Å²) in [6.07, 6.45) is -6.68. The van der Waals surface area contributed by atoms with E-state index in [2.05, 4.69) is 4.74 Å². The summed E-state index contributed by atoms with van der Waals surface area (Å²) in [5.74, 6) is -2.59. The Kier molecular flexibility index (Phi) is 3.20. The molecule has 82 valence electrons. The van der Waals surface area contributed by atoms with Gasteiger partial charge in [0.15, 0.2) is 6.29 Å². The quantitative estimate of drug-likeness (QED) is 0.296. The summed E-state index contributed by atoms with van der Waals surface area (Å²) in [4.78, 5) is 10.4. The number of hydrogen-bond donors (Lipinski definition) is 5. The molecule has 1 aliphatic heterocycles. The Morgan fingerprint density at radius 3 is 2.29 bits per heavy atom. The molecule has 0 bridgehead atoms. The van der Waals surface area contributed by atoms with E-state index in [0.29, 0.717) is 0 Å². The van der Waals surface area contributed by atoms with Gasteiger partial charge in [-0.3, -0.25) is 4.79 Å². The lowest BCUT2D eigenvalue weighted by Gasteiger charge is -2.42. The second kappa shape index (κ2) is 3.89. The number of aldehydes is 1. The minimum atomic E-state index is -2.59. The molecule has 5 atom stereocenters. The molecule has 0 radical (unpaired) electrons. The molecule has 1 unspecified atom stereocenters. The molecule has 7 nitrogen and oxygen atoms in total. The van der Waals surface area contributed by atoms with Gasteiger partial charge in [0.25, 0.3) is 5.79 Å². The highest BCUT2D eigenvalue weighted by Gasteiger charge is 2.52. The Bertz CT molecular complexity index is 218. The van der Waals surface area contributed by atoms with Gasteiger partial charge in [0.1, 0.15) is 24.4 Å². The smallest absolute Gasteiger partial charge is 0.253 e. The van der Waals surface area contributed by atoms with Gasteiger partial charge in [0.2, 0.25) is 0 Å². The summed E-state index contributed by atoms with van der Waals surface area (Å²) in [5.41, 5.74) is 0. The molecule has 14 heavy (non-hydrogen) atoms. The van der Waals surface area contributed by atoms with Crippen LogP contribution in [-0.4, -0.2) is 68.6 Å². The molecular weight excluding hydrogens is 196 g/mol. The zero-order chi connectivity index (χ0) is 10.9. The summed E-state index contributed by atoms with van der Waals surface area (Å²) in [5, 5.41) is 45.6. The van der Waals surface area contributed by atoms with Gasteiger partial charge >= 0.3 is 0 Å². The second-order valence-corrected chi connectivity index (χ2v) is 3.13. The van der Waals surface area contributed by atoms with Crippen molar-refractivity contribution < 1.29 is 35.1 Å². The molecular formula is C7H12O7. The first-order valence-electron chi connectivity index (χ1n) is 3.98. The fourth-order valence-electron chi connectivity index (χ4n) is 1.28. The largest absolute Gasteiger partial charge is 0.394 e. The van der Waals surface area contributed by atoms with Crippen LogP contribution in [0.25, 0.3) is 0 Å². The first kappa shape index (κ1) is 11.5. The van der Waals surface area contributed by atoms with Gasteiger partial charge in [-0.2, -0.15) is 0 Å². The molecule has 0 spiro atoms. The summed E-state index contributed by atoms with van der Waals surface area (Å²) >= 11 is 0. The van der Waals surface area contributed by atoms with E-state index in [1.165, 1.54) is 0 Å². The van der Waals surface area contributed by atoms with E-state index in [0.717, 1.165) is 0 Å². The number of aliphatic hydroxyl groups is 5. The minimum absolute atomic E-state index is 0.102. The lowest BCUT2D eigenvalue weighted by molar-refractivity contribution is -0.326. The topological polar surface area (TPSA) is 127 Å². The predicted octanol–water partition coefficient (Wildman–Crippen LogP) is -3.65. The van der Waals surface area contributed by atoms with Crippen molar-refractivity contribution in [2.45, 2.75) is 30.2 Å². The van der Waals surface area contributed by atoms with Crippen LogP contribution in [0.1, 0.15) is 0 Å². The molecule has 1 heterocycles. The standard InChI is InChI=1S/C7H12O7/c8-1-3-4(10)5(11)6(12)7(13,2-9)14-3/h2-6,8,10-13H,1H2/t3-,4+,5+,6-,7?/m1/s1. The zero-order valence-corrected chi connectivity index (χ0v) is 7.15. The zero-order valence-electron chi connectivity index (χ0n) is 7.15. The molecule has 5 N–H and O–H groups in total. The third-order valence-electron chi connectivity index (χ3n) is 2.17. The van der Waals surface area contributed by atoms with Gasteiger partial charge in [-0.25, -0.2) is 0 Å². The van der Waals surface area contributed by atoms with Gasteiger partial charge in [-0.1, -0.05) is 0 Å². The van der Waals surface area contributed by atoms with Crippen molar-refractivity contribution in [3.63, 3.8) is 0 Å². The molecule has 1 fully saturated rings. The minimum Gasteiger partial charge on any atom is -0.394 e. The number of ether oxygens (including phenoxy) is 1. The molecule has 0 aromatic carbocycles. The van der Waals surface area contributed by atoms with Crippen molar-refractivity contribution in [2.24, 2.45) is 0 Å². The number of aliphatic hydroxyl groups excluding tert-OH is 4. The van der Waals surface area contributed by atoms with Crippen LogP contribution >= 0.6 is 0 Å². The average Bonchev–Trinajstić information content (AvgIpc) is 2.20. The van der Waals surface area contributed by atoms with Crippen molar-refractivity contribution in [2.75, 3.05) is 6.61 Å². The Labute approximate surface area is 79.2 Å². The van der Waals surface area contributed by atoms with Crippen LogP contribution in [0.5, 0.6) is 0 Å². The molecule has 0 aromatic heterocycles. The third-order valence-corrected chi connectivity index (χ3v) is 2.17. The van der Waals surface area contributed by atoms with Crippen LogP contribution in [-0.2, 0) is 9.53 Å². The summed E-state index contributed by atoms with van der Waals surface area (Å²) in [6, 6.07) is 0. The fraction of sp³-hybridized carbons (Fsp3) is 0.857. The van der Waals surface area contributed by atoms with Crippen LogP contribution in [0.2, 0.25) is 0 Å². The molecule has 7 heteroatoms. The summed E-state index contributed by atoms with van der Waals surface area (Å²) < 4.78 is 4.54. The molecule has 1 saturated heterocycles. The van der Waals surface area contributed by atoms with Crippen LogP contribution < -0.4 is 0 Å². The Balaban J connectivity index is 2.89. The van der Waals surface area contributed by atoms with Crippen LogP contribution in [0.4, 0.5) is 0 Å². The maximum absolute atomic E-state index is 10.4. The summed E-state index contributed by atoms with van der Waals surface area (Å²) in [7, 11) is 0. The summed E-state index contributed by atoms with van der Waals surface area (Å²) in [6.45, 7) is -0.693. The van der Waals surface area contributed by atoms with Gasteiger partial charge in [-0.15, -0.1) is 0 Å². The van der Waals surface area contributed by atoms with Gasteiger partial charge in [-0.05, 0) is 0 Å². The number of hydrogen-bond acceptors (Lipinski definition) is 7. The first-order chi connectivity index (χ1) is 6.46. The van der Waals surface area contributed by atoms with E-state index in [4.69, 9.17) is 5.11 Å². The van der Waals surface area contributed by atoms with E-state index in [9.17, 15) is 25.2 Å². The van der Waals surface area contributed by atoms with Crippen LogP contribution in [0, 0.1) is 0 Å². The van der Waals surface area contributed by atoms with Crippen molar-refractivity contribution in [1.82, 2.24) is 0 Å². The molecule has 0 aromatic rings. The van der Waals surface area contributed by atoms with Gasteiger partial charge in [0.05, 0.1) is 6.61 Å².